The summed E-state index contributed by atoms with van der Waals surface area (Å²) in [5, 5.41) is 14.6. The summed E-state index contributed by atoms with van der Waals surface area (Å²) in [4.78, 5) is 13.4. The minimum absolute atomic E-state index is 0.0277. The molecule has 3 heterocycles. The molecule has 2 saturated heterocycles. The second kappa shape index (κ2) is 16.2. The number of amides is 1. The van der Waals surface area contributed by atoms with Crippen LogP contribution in [0.15, 0.2) is 59.5 Å². The molecule has 45 heavy (non-hydrogen) atoms. The van der Waals surface area contributed by atoms with E-state index in [4.69, 9.17) is 18.9 Å². The van der Waals surface area contributed by atoms with Gasteiger partial charge in [-0.2, -0.15) is 4.31 Å². The van der Waals surface area contributed by atoms with E-state index in [2.05, 4.69) is 5.32 Å². The Balaban J connectivity index is 1.36. The van der Waals surface area contributed by atoms with E-state index < -0.39 is 34.4 Å². The lowest BCUT2D eigenvalue weighted by molar-refractivity contribution is -0.0907. The third-order valence-corrected chi connectivity index (χ3v) is 11.1. The molecule has 2 aromatic rings. The third kappa shape index (κ3) is 8.98. The summed E-state index contributed by atoms with van der Waals surface area (Å²) in [6.45, 7) is 3.31. The van der Waals surface area contributed by atoms with Gasteiger partial charge in [-0.15, -0.1) is 0 Å². The van der Waals surface area contributed by atoms with Gasteiger partial charge in [0.1, 0.15) is 11.9 Å². The summed E-state index contributed by atoms with van der Waals surface area (Å²) in [5.74, 6) is 0.137. The van der Waals surface area contributed by atoms with Crippen LogP contribution in [0.5, 0.6) is 5.75 Å². The Labute approximate surface area is 267 Å². The van der Waals surface area contributed by atoms with Crippen LogP contribution in [0, 0.1) is 5.92 Å². The van der Waals surface area contributed by atoms with Gasteiger partial charge in [0.25, 0.3) is 0 Å². The fraction of sp³-hybridized carbons (Fsp3) is 0.618. The van der Waals surface area contributed by atoms with Gasteiger partial charge in [0, 0.05) is 25.1 Å². The summed E-state index contributed by atoms with van der Waals surface area (Å²) in [5.41, 5.74) is 0.899. The quantitative estimate of drug-likeness (QED) is 0.421. The number of β-amino-alcohol motifs (C(OH)–C–C–N with tert-alkyl or cyclic N) is 1. The van der Waals surface area contributed by atoms with Crippen molar-refractivity contribution in [1.29, 1.82) is 0 Å². The van der Waals surface area contributed by atoms with Gasteiger partial charge >= 0.3 is 6.09 Å². The van der Waals surface area contributed by atoms with Crippen LogP contribution in [0.2, 0.25) is 0 Å². The number of nitrogens with one attached hydrogen (secondary N) is 1. The minimum Gasteiger partial charge on any atom is -0.494 e. The molecule has 11 heteroatoms. The van der Waals surface area contributed by atoms with Crippen LogP contribution >= 0.6 is 0 Å². The van der Waals surface area contributed by atoms with Crippen LogP contribution in [-0.2, 0) is 24.2 Å². The average Bonchev–Trinajstić information content (AvgIpc) is 3.67. The summed E-state index contributed by atoms with van der Waals surface area (Å²) in [7, 11) is -3.98. The number of aliphatic hydroxyl groups is 1. The molecule has 6 atom stereocenters. The molecule has 3 aliphatic rings. The normalized spacial score (nSPS) is 26.6. The van der Waals surface area contributed by atoms with E-state index in [-0.39, 0.29) is 42.7 Å². The smallest absolute Gasteiger partial charge is 0.407 e. The van der Waals surface area contributed by atoms with Crippen molar-refractivity contribution < 1.29 is 37.3 Å². The summed E-state index contributed by atoms with van der Waals surface area (Å²) in [6.07, 6.45) is 6.07. The van der Waals surface area contributed by atoms with E-state index in [9.17, 15) is 18.3 Å². The van der Waals surface area contributed by atoms with E-state index >= 15 is 0 Å². The van der Waals surface area contributed by atoms with E-state index in [0.717, 1.165) is 56.9 Å². The maximum Gasteiger partial charge on any atom is 0.407 e. The minimum atomic E-state index is -3.98. The fourth-order valence-electron chi connectivity index (χ4n) is 6.52. The zero-order valence-corrected chi connectivity index (χ0v) is 27.0. The highest BCUT2D eigenvalue weighted by Gasteiger charge is 2.44. The van der Waals surface area contributed by atoms with Crippen LogP contribution in [0.3, 0.4) is 0 Å². The van der Waals surface area contributed by atoms with Crippen molar-refractivity contribution in [2.45, 2.75) is 100 Å². The van der Waals surface area contributed by atoms with Crippen LogP contribution in [0.25, 0.3) is 0 Å². The molecule has 0 saturated carbocycles. The monoisotopic (exact) mass is 644 g/mol. The Morgan fingerprint density at radius 1 is 0.978 bits per heavy atom. The van der Waals surface area contributed by atoms with Crippen LogP contribution in [0.1, 0.15) is 76.2 Å². The van der Waals surface area contributed by atoms with Crippen molar-refractivity contribution in [2.75, 3.05) is 32.9 Å². The largest absolute Gasteiger partial charge is 0.494 e. The van der Waals surface area contributed by atoms with E-state index in [1.165, 1.54) is 4.31 Å². The zero-order chi connectivity index (χ0) is 31.6. The summed E-state index contributed by atoms with van der Waals surface area (Å²) < 4.78 is 52.3. The predicted octanol–water partition coefficient (Wildman–Crippen LogP) is 5.21. The van der Waals surface area contributed by atoms with Crippen molar-refractivity contribution in [2.24, 2.45) is 5.92 Å². The molecular formula is C34H48N2O8S. The Morgan fingerprint density at radius 3 is 2.49 bits per heavy atom. The van der Waals surface area contributed by atoms with Crippen molar-refractivity contribution >= 4 is 16.1 Å². The summed E-state index contributed by atoms with van der Waals surface area (Å²) >= 11 is 0. The first-order valence-electron chi connectivity index (χ1n) is 16.5. The molecule has 0 radical (unpaired) electrons. The third-order valence-electron chi connectivity index (χ3n) is 9.21. The number of fused-ring (bicyclic) bond motifs is 3. The highest BCUT2D eigenvalue weighted by molar-refractivity contribution is 7.89. The molecule has 248 valence electrons. The molecule has 10 nitrogen and oxygen atoms in total. The van der Waals surface area contributed by atoms with Crippen molar-refractivity contribution in [3.63, 3.8) is 0 Å². The number of carbonyl (C=O) groups excluding carboxylic acids is 1. The topological polar surface area (TPSA) is 124 Å². The number of aliphatic hydroxyl groups excluding tert-OH is 1. The van der Waals surface area contributed by atoms with E-state index in [0.29, 0.717) is 25.4 Å². The molecule has 1 unspecified atom stereocenters. The van der Waals surface area contributed by atoms with Gasteiger partial charge < -0.3 is 29.4 Å². The van der Waals surface area contributed by atoms with Crippen molar-refractivity contribution in [3.8, 4) is 5.75 Å². The lowest BCUT2D eigenvalue weighted by Crippen LogP contribution is -2.52. The molecule has 2 fully saturated rings. The average molecular weight is 645 g/mol. The predicted molar refractivity (Wildman–Crippen MR) is 169 cm³/mol. The lowest BCUT2D eigenvalue weighted by atomic mass is 9.89. The number of rotatable bonds is 7. The van der Waals surface area contributed by atoms with Gasteiger partial charge in [0.2, 0.25) is 10.0 Å². The first-order valence-corrected chi connectivity index (χ1v) is 17.9. The number of carbonyl (C=O) groups is 1. The first kappa shape index (κ1) is 33.7. The molecule has 5 rings (SSSR count). The number of ether oxygens (including phenoxy) is 4. The van der Waals surface area contributed by atoms with E-state index in [1.807, 2.05) is 37.3 Å². The molecular weight excluding hydrogens is 596 g/mol. The molecule has 0 aliphatic carbocycles. The number of hydrogen-bond acceptors (Lipinski definition) is 8. The highest BCUT2D eigenvalue weighted by atomic mass is 32.2. The van der Waals surface area contributed by atoms with Gasteiger partial charge in [0.15, 0.2) is 6.29 Å². The summed E-state index contributed by atoms with van der Waals surface area (Å²) in [6, 6.07) is 15.3. The standard InChI is InChI=1S/C34H48N2O8S/c1-25(26-14-9-8-10-15-26)32(35-34(38)44-31-24-43-33-29(31)18-21-42-33)30(37)23-36-19-11-6-4-2-3-5-7-12-20-41-27-16-13-17-28(22-27)45(36,39)40/h8-10,13-17,22,25,29-33,37H,2-7,11-12,18-21,23-24H2,1H3,(H,35,38)/t25-,29?,30-,31+,32+,33-/m1/s1. The maximum atomic E-state index is 14.1. The second-order valence-electron chi connectivity index (χ2n) is 12.4. The molecule has 3 aliphatic heterocycles. The van der Waals surface area contributed by atoms with Gasteiger partial charge in [-0.25, -0.2) is 13.2 Å². The van der Waals surface area contributed by atoms with Crippen LogP contribution < -0.4 is 10.1 Å². The fourth-order valence-corrected chi connectivity index (χ4v) is 8.05. The Morgan fingerprint density at radius 2 is 1.71 bits per heavy atom. The molecule has 0 aromatic heterocycles. The molecule has 2 bridgehead atoms. The zero-order valence-electron chi connectivity index (χ0n) is 26.2. The number of sulfonamides is 1. The Kier molecular flexibility index (Phi) is 12.1. The number of alkyl carbamates (subject to hydrolysis) is 1. The molecule has 1 amide bonds. The molecule has 0 spiro atoms. The molecule has 2 aromatic carbocycles. The Bertz CT molecular complexity index is 1330. The van der Waals surface area contributed by atoms with Crippen LogP contribution in [0.4, 0.5) is 4.79 Å². The SMILES string of the molecule is C[C@H](c1ccccc1)[C@H](NC(=O)O[C@H]1CO[C@H]2OCCC21)[C@H](O)CN1CCCCCCCCCCOc2cccc(c2)S1(=O)=O. The van der Waals surface area contributed by atoms with Crippen molar-refractivity contribution in [1.82, 2.24) is 9.62 Å². The lowest BCUT2D eigenvalue weighted by Gasteiger charge is -2.33. The number of hydrogen-bond donors (Lipinski definition) is 2. The van der Waals surface area contributed by atoms with Gasteiger partial charge in [-0.1, -0.05) is 81.8 Å². The van der Waals surface area contributed by atoms with Crippen molar-refractivity contribution in [3.05, 3.63) is 60.2 Å². The van der Waals surface area contributed by atoms with Gasteiger partial charge in [-0.3, -0.25) is 0 Å². The maximum absolute atomic E-state index is 14.1. The highest BCUT2D eigenvalue weighted by Crippen LogP contribution is 2.33. The Hall–Kier alpha value is -2.70. The first-order chi connectivity index (χ1) is 21.8. The van der Waals surface area contributed by atoms with Crippen LogP contribution in [-0.4, -0.2) is 81.4 Å². The van der Waals surface area contributed by atoms with E-state index in [1.54, 1.807) is 24.3 Å². The second-order valence-corrected chi connectivity index (χ2v) is 14.4. The molecule has 2 N–H and O–H groups in total. The number of nitrogens with zero attached hydrogens (tertiary/aromatic N) is 1. The number of benzene rings is 2. The van der Waals surface area contributed by atoms with Gasteiger partial charge in [0.05, 0.1) is 42.8 Å². The van der Waals surface area contributed by atoms with Gasteiger partial charge in [-0.05, 0) is 37.0 Å².